The Bertz CT molecular complexity index is 427. The third-order valence-corrected chi connectivity index (χ3v) is 2.41. The van der Waals surface area contributed by atoms with Crippen molar-refractivity contribution < 1.29 is 22.7 Å². The van der Waals surface area contributed by atoms with Crippen molar-refractivity contribution in [1.82, 2.24) is 15.3 Å². The lowest BCUT2D eigenvalue weighted by Gasteiger charge is -2.22. The van der Waals surface area contributed by atoms with Gasteiger partial charge in [-0.2, -0.15) is 13.2 Å². The van der Waals surface area contributed by atoms with E-state index in [1.165, 1.54) is 0 Å². The number of morpholine rings is 1. The molecule has 0 amide bonds. The van der Waals surface area contributed by atoms with E-state index in [4.69, 9.17) is 4.74 Å². The molecular weight excluding hydrogens is 251 g/mol. The highest BCUT2D eigenvalue weighted by Gasteiger charge is 2.34. The molecule has 0 radical (unpaired) electrons. The van der Waals surface area contributed by atoms with Crippen molar-refractivity contribution in [3.63, 3.8) is 0 Å². The van der Waals surface area contributed by atoms with Gasteiger partial charge in [-0.15, -0.1) is 0 Å². The van der Waals surface area contributed by atoms with Crippen LogP contribution in [0.4, 0.5) is 13.2 Å². The molecular formula is C10H10F3N3O2. The number of halogens is 3. The maximum absolute atomic E-state index is 12.2. The first-order valence-corrected chi connectivity index (χ1v) is 5.24. The van der Waals surface area contributed by atoms with Crippen molar-refractivity contribution >= 4 is 5.78 Å². The Morgan fingerprint density at radius 2 is 2.06 bits per heavy atom. The van der Waals surface area contributed by atoms with Crippen molar-refractivity contribution in [2.45, 2.75) is 12.3 Å². The highest BCUT2D eigenvalue weighted by Crippen LogP contribution is 2.25. The van der Waals surface area contributed by atoms with Gasteiger partial charge in [0.05, 0.1) is 12.2 Å². The van der Waals surface area contributed by atoms with E-state index in [0.29, 0.717) is 19.7 Å². The van der Waals surface area contributed by atoms with Crippen molar-refractivity contribution in [3.05, 3.63) is 23.8 Å². The van der Waals surface area contributed by atoms with Crippen LogP contribution in [0.15, 0.2) is 12.4 Å². The number of carbonyl (C=O) groups excluding carboxylic acids is 1. The van der Waals surface area contributed by atoms with Gasteiger partial charge in [0, 0.05) is 25.5 Å². The third kappa shape index (κ3) is 2.82. The quantitative estimate of drug-likeness (QED) is 0.792. The predicted octanol–water partition coefficient (Wildman–Crippen LogP) is 0.667. The Balaban J connectivity index is 2.11. The van der Waals surface area contributed by atoms with E-state index in [1.807, 2.05) is 0 Å². The topological polar surface area (TPSA) is 64.1 Å². The van der Waals surface area contributed by atoms with Crippen LogP contribution in [0.2, 0.25) is 0 Å². The van der Waals surface area contributed by atoms with Crippen LogP contribution in [0.3, 0.4) is 0 Å². The molecule has 1 aliphatic heterocycles. The minimum Gasteiger partial charge on any atom is -0.367 e. The van der Waals surface area contributed by atoms with E-state index in [0.717, 1.165) is 12.4 Å². The molecule has 5 nitrogen and oxygen atoms in total. The summed E-state index contributed by atoms with van der Waals surface area (Å²) in [6.07, 6.45) is -3.56. The average Bonchev–Trinajstić information content (AvgIpc) is 2.38. The average molecular weight is 261 g/mol. The van der Waals surface area contributed by atoms with E-state index < -0.39 is 23.9 Å². The Morgan fingerprint density at radius 1 is 1.39 bits per heavy atom. The number of rotatable bonds is 2. The lowest BCUT2D eigenvalue weighted by atomic mass is 10.1. The second-order valence-electron chi connectivity index (χ2n) is 3.72. The summed E-state index contributed by atoms with van der Waals surface area (Å²) in [7, 11) is 0. The molecule has 98 valence electrons. The fraction of sp³-hybridized carbons (Fsp3) is 0.500. The van der Waals surface area contributed by atoms with Crippen molar-refractivity contribution in [2.75, 3.05) is 19.7 Å². The van der Waals surface area contributed by atoms with Crippen LogP contribution in [0, 0.1) is 0 Å². The number of hydrogen-bond donors (Lipinski definition) is 1. The van der Waals surface area contributed by atoms with E-state index in [2.05, 4.69) is 15.3 Å². The normalized spacial score (nSPS) is 20.7. The number of nitrogens with zero attached hydrogens (tertiary/aromatic N) is 2. The van der Waals surface area contributed by atoms with Gasteiger partial charge in [-0.3, -0.25) is 4.79 Å². The van der Waals surface area contributed by atoms with E-state index in [9.17, 15) is 18.0 Å². The first kappa shape index (κ1) is 12.9. The standard InChI is InChI=1S/C10H10F3N3O2/c11-10(12,13)9-15-3-6(4-16-9)8(17)7-5-14-1-2-18-7/h3-4,7,14H,1-2,5H2. The van der Waals surface area contributed by atoms with Gasteiger partial charge in [-0.25, -0.2) is 9.97 Å². The van der Waals surface area contributed by atoms with Gasteiger partial charge in [0.1, 0.15) is 6.10 Å². The summed E-state index contributed by atoms with van der Waals surface area (Å²) in [6, 6.07) is 0. The smallest absolute Gasteiger partial charge is 0.367 e. The van der Waals surface area contributed by atoms with E-state index >= 15 is 0 Å². The molecule has 1 fully saturated rings. The number of hydrogen-bond acceptors (Lipinski definition) is 5. The molecule has 2 rings (SSSR count). The second kappa shape index (κ2) is 4.99. The molecule has 0 saturated carbocycles. The molecule has 2 heterocycles. The monoisotopic (exact) mass is 261 g/mol. The van der Waals surface area contributed by atoms with Crippen LogP contribution < -0.4 is 5.32 Å². The second-order valence-corrected chi connectivity index (χ2v) is 3.72. The zero-order chi connectivity index (χ0) is 13.2. The number of aromatic nitrogens is 2. The Hall–Kier alpha value is -1.54. The van der Waals surface area contributed by atoms with Gasteiger partial charge < -0.3 is 10.1 Å². The fourth-order valence-electron chi connectivity index (χ4n) is 1.52. The number of alkyl halides is 3. The molecule has 0 spiro atoms. The lowest BCUT2D eigenvalue weighted by Crippen LogP contribution is -2.43. The molecule has 18 heavy (non-hydrogen) atoms. The minimum atomic E-state index is -4.61. The Labute approximate surface area is 100 Å². The number of ketones is 1. The van der Waals surface area contributed by atoms with Crippen molar-refractivity contribution in [2.24, 2.45) is 0 Å². The van der Waals surface area contributed by atoms with E-state index in [-0.39, 0.29) is 5.56 Å². The van der Waals surface area contributed by atoms with Crippen LogP contribution in [0.1, 0.15) is 16.2 Å². The summed E-state index contributed by atoms with van der Waals surface area (Å²) in [5.74, 6) is -1.68. The van der Waals surface area contributed by atoms with Gasteiger partial charge in [0.2, 0.25) is 5.82 Å². The van der Waals surface area contributed by atoms with Crippen molar-refractivity contribution in [1.29, 1.82) is 0 Å². The number of ether oxygens (including phenoxy) is 1. The maximum atomic E-state index is 12.2. The highest BCUT2D eigenvalue weighted by molar-refractivity contribution is 5.99. The molecule has 1 aromatic rings. The first-order valence-electron chi connectivity index (χ1n) is 5.24. The summed E-state index contributed by atoms with van der Waals surface area (Å²) in [5.41, 5.74) is 0.0108. The van der Waals surface area contributed by atoms with Gasteiger partial charge in [-0.1, -0.05) is 0 Å². The van der Waals surface area contributed by atoms with Gasteiger partial charge in [0.25, 0.3) is 0 Å². The third-order valence-electron chi connectivity index (χ3n) is 2.41. The molecule has 1 aliphatic rings. The highest BCUT2D eigenvalue weighted by atomic mass is 19.4. The summed E-state index contributed by atoms with van der Waals surface area (Å²) < 4.78 is 41.9. The lowest BCUT2D eigenvalue weighted by molar-refractivity contribution is -0.145. The van der Waals surface area contributed by atoms with Crippen LogP contribution in [-0.2, 0) is 10.9 Å². The summed E-state index contributed by atoms with van der Waals surface area (Å²) in [5, 5.41) is 2.95. The molecule has 1 N–H and O–H groups in total. The molecule has 0 aliphatic carbocycles. The first-order chi connectivity index (χ1) is 8.48. The van der Waals surface area contributed by atoms with Gasteiger partial charge >= 0.3 is 6.18 Å². The minimum absolute atomic E-state index is 0.0108. The molecule has 1 saturated heterocycles. The van der Waals surface area contributed by atoms with Gasteiger partial charge in [0.15, 0.2) is 5.78 Å². The predicted molar refractivity (Wildman–Crippen MR) is 54.0 cm³/mol. The largest absolute Gasteiger partial charge is 0.451 e. The molecule has 1 atom stereocenters. The van der Waals surface area contributed by atoms with E-state index in [1.54, 1.807) is 0 Å². The van der Waals surface area contributed by atoms with Gasteiger partial charge in [-0.05, 0) is 0 Å². The molecule has 0 aromatic carbocycles. The zero-order valence-corrected chi connectivity index (χ0v) is 9.20. The molecule has 8 heteroatoms. The fourth-order valence-corrected chi connectivity index (χ4v) is 1.52. The molecule has 0 bridgehead atoms. The molecule has 1 unspecified atom stereocenters. The van der Waals surface area contributed by atoms with Crippen LogP contribution >= 0.6 is 0 Å². The van der Waals surface area contributed by atoms with Crippen LogP contribution in [0.25, 0.3) is 0 Å². The summed E-state index contributed by atoms with van der Waals surface area (Å²) in [6.45, 7) is 1.37. The van der Waals surface area contributed by atoms with Crippen LogP contribution in [-0.4, -0.2) is 41.6 Å². The number of Topliss-reactive ketones (excluding diaryl/α,β-unsaturated/α-hetero) is 1. The Morgan fingerprint density at radius 3 is 2.56 bits per heavy atom. The Kier molecular flexibility index (Phi) is 3.58. The number of nitrogens with one attached hydrogen (secondary N) is 1. The SMILES string of the molecule is O=C(c1cnc(C(F)(F)F)nc1)C1CNCCO1. The molecule has 1 aromatic heterocycles. The zero-order valence-electron chi connectivity index (χ0n) is 9.20. The summed E-state index contributed by atoms with van der Waals surface area (Å²) >= 11 is 0. The maximum Gasteiger partial charge on any atom is 0.451 e. The number of carbonyl (C=O) groups is 1. The van der Waals surface area contributed by atoms with Crippen molar-refractivity contribution in [3.8, 4) is 0 Å². The van der Waals surface area contributed by atoms with Crippen LogP contribution in [0.5, 0.6) is 0 Å². The summed E-state index contributed by atoms with van der Waals surface area (Å²) in [4.78, 5) is 18.1.